The number of rotatable bonds is 6. The van der Waals surface area contributed by atoms with Crippen molar-refractivity contribution < 1.29 is 18.8 Å². The number of esters is 1. The van der Waals surface area contributed by atoms with Gasteiger partial charge in [0.25, 0.3) is 5.69 Å². The second kappa shape index (κ2) is 7.43. The van der Waals surface area contributed by atoms with Gasteiger partial charge in [-0.25, -0.2) is 9.18 Å². The van der Waals surface area contributed by atoms with Gasteiger partial charge in [0.2, 0.25) is 0 Å². The zero-order valence-electron chi connectivity index (χ0n) is 12.7. The summed E-state index contributed by atoms with van der Waals surface area (Å²) in [6.45, 7) is 6.51. The van der Waals surface area contributed by atoms with E-state index in [2.05, 4.69) is 24.4 Å². The predicted molar refractivity (Wildman–Crippen MR) is 88.3 cm³/mol. The van der Waals surface area contributed by atoms with Gasteiger partial charge >= 0.3 is 5.97 Å². The standard InChI is InChI=1S/C13H17ClFNO4SSi/c1-20-13(17)8-7-9(16(18)19)12(10(14)11(8)15)21-5-6-22(2,3)4/h7H,5-6H2,1-4H3. The quantitative estimate of drug-likeness (QED) is 0.242. The van der Waals surface area contributed by atoms with Gasteiger partial charge < -0.3 is 4.74 Å². The van der Waals surface area contributed by atoms with E-state index in [1.165, 1.54) is 0 Å². The molecule has 1 aromatic rings. The van der Waals surface area contributed by atoms with Gasteiger partial charge in [0.05, 0.1) is 17.1 Å². The normalized spacial score (nSPS) is 11.4. The molecule has 0 saturated carbocycles. The fourth-order valence-electron chi connectivity index (χ4n) is 1.59. The number of carbonyl (C=O) groups excluding carboxylic acids is 1. The molecule has 0 aliphatic carbocycles. The minimum absolute atomic E-state index is 0.0510. The molecular weight excluding hydrogens is 349 g/mol. The van der Waals surface area contributed by atoms with E-state index >= 15 is 0 Å². The van der Waals surface area contributed by atoms with Gasteiger partial charge in [0.1, 0.15) is 10.5 Å². The fourth-order valence-corrected chi connectivity index (χ4v) is 5.51. The lowest BCUT2D eigenvalue weighted by atomic mass is 10.2. The van der Waals surface area contributed by atoms with Gasteiger partial charge in [0, 0.05) is 14.1 Å². The van der Waals surface area contributed by atoms with Crippen molar-refractivity contribution in [3.8, 4) is 0 Å². The van der Waals surface area contributed by atoms with Gasteiger partial charge in [-0.1, -0.05) is 31.2 Å². The molecule has 0 aliphatic rings. The van der Waals surface area contributed by atoms with Crippen LogP contribution in [0.1, 0.15) is 10.4 Å². The van der Waals surface area contributed by atoms with Crippen molar-refractivity contribution in [3.63, 3.8) is 0 Å². The maximum atomic E-state index is 14.1. The summed E-state index contributed by atoms with van der Waals surface area (Å²) in [4.78, 5) is 22.0. The maximum absolute atomic E-state index is 14.1. The van der Waals surface area contributed by atoms with Crippen LogP contribution in [-0.2, 0) is 4.74 Å². The number of thioether (sulfide) groups is 1. The molecule has 9 heteroatoms. The summed E-state index contributed by atoms with van der Waals surface area (Å²) in [6.07, 6.45) is 0. The third-order valence-electron chi connectivity index (χ3n) is 2.84. The van der Waals surface area contributed by atoms with E-state index in [0.29, 0.717) is 5.75 Å². The van der Waals surface area contributed by atoms with Gasteiger partial charge in [-0.05, 0) is 11.8 Å². The molecule has 0 aliphatic heterocycles. The summed E-state index contributed by atoms with van der Waals surface area (Å²) < 4.78 is 18.6. The van der Waals surface area contributed by atoms with Crippen molar-refractivity contribution in [2.24, 2.45) is 0 Å². The third kappa shape index (κ3) is 4.69. The molecule has 5 nitrogen and oxygen atoms in total. The number of nitrogens with zero attached hydrogens (tertiary/aromatic N) is 1. The number of benzene rings is 1. The fraction of sp³-hybridized carbons (Fsp3) is 0.462. The van der Waals surface area contributed by atoms with E-state index in [1.807, 2.05) is 0 Å². The van der Waals surface area contributed by atoms with Crippen molar-refractivity contribution in [1.82, 2.24) is 0 Å². The van der Waals surface area contributed by atoms with E-state index in [0.717, 1.165) is 31.0 Å². The van der Waals surface area contributed by atoms with Gasteiger partial charge in [-0.2, -0.15) is 0 Å². The molecule has 0 N–H and O–H groups in total. The van der Waals surface area contributed by atoms with Gasteiger partial charge in [-0.3, -0.25) is 10.1 Å². The predicted octanol–water partition coefficient (Wildman–Crippen LogP) is 4.60. The Balaban J connectivity index is 3.24. The van der Waals surface area contributed by atoms with E-state index < -0.39 is 35.4 Å². The lowest BCUT2D eigenvalue weighted by molar-refractivity contribution is -0.387. The Kier molecular flexibility index (Phi) is 6.39. The SMILES string of the molecule is COC(=O)c1cc([N+](=O)[O-])c(SCC[Si](C)(C)C)c(Cl)c1F. The third-order valence-corrected chi connectivity index (χ3v) is 6.53. The Morgan fingerprint density at radius 3 is 2.55 bits per heavy atom. The summed E-state index contributed by atoms with van der Waals surface area (Å²) in [7, 11) is -0.255. The molecule has 0 saturated heterocycles. The zero-order chi connectivity index (χ0) is 17.1. The highest BCUT2D eigenvalue weighted by molar-refractivity contribution is 7.99. The molecular formula is C13H17ClFNO4SSi. The first-order valence-electron chi connectivity index (χ1n) is 6.46. The summed E-state index contributed by atoms with van der Waals surface area (Å²) in [5.41, 5.74) is -0.916. The van der Waals surface area contributed by atoms with Crippen molar-refractivity contribution in [2.75, 3.05) is 12.9 Å². The smallest absolute Gasteiger partial charge is 0.341 e. The first-order valence-corrected chi connectivity index (χ1v) is 11.5. The van der Waals surface area contributed by atoms with Crippen LogP contribution in [0.25, 0.3) is 0 Å². The van der Waals surface area contributed by atoms with Crippen LogP contribution in [-0.4, -0.2) is 31.8 Å². The van der Waals surface area contributed by atoms with Gasteiger partial charge in [0.15, 0.2) is 5.82 Å². The van der Waals surface area contributed by atoms with Crippen LogP contribution in [0.15, 0.2) is 11.0 Å². The topological polar surface area (TPSA) is 69.4 Å². The first kappa shape index (κ1) is 18.9. The molecule has 0 unspecified atom stereocenters. The molecule has 0 heterocycles. The average molecular weight is 366 g/mol. The Labute approximate surface area is 138 Å². The summed E-state index contributed by atoms with van der Waals surface area (Å²) >= 11 is 7.04. The van der Waals surface area contributed by atoms with Crippen molar-refractivity contribution in [1.29, 1.82) is 0 Å². The Morgan fingerprint density at radius 2 is 2.09 bits per heavy atom. The van der Waals surface area contributed by atoms with Crippen LogP contribution >= 0.6 is 23.4 Å². The largest absolute Gasteiger partial charge is 0.465 e. The molecule has 0 atom stereocenters. The molecule has 0 amide bonds. The van der Waals surface area contributed by atoms with Crippen molar-refractivity contribution in [3.05, 3.63) is 32.6 Å². The maximum Gasteiger partial charge on any atom is 0.341 e. The Morgan fingerprint density at radius 1 is 1.50 bits per heavy atom. The molecule has 1 rings (SSSR count). The highest BCUT2D eigenvalue weighted by Crippen LogP contribution is 2.40. The van der Waals surface area contributed by atoms with E-state index in [4.69, 9.17) is 11.6 Å². The molecule has 0 fully saturated rings. The highest BCUT2D eigenvalue weighted by Gasteiger charge is 2.28. The number of hydrogen-bond acceptors (Lipinski definition) is 5. The molecule has 0 aromatic heterocycles. The zero-order valence-corrected chi connectivity index (χ0v) is 15.3. The summed E-state index contributed by atoms with van der Waals surface area (Å²) in [5, 5.41) is 10.8. The number of ether oxygens (including phenoxy) is 1. The summed E-state index contributed by atoms with van der Waals surface area (Å²) in [5.74, 6) is -1.39. The molecule has 122 valence electrons. The first-order chi connectivity index (χ1) is 10.1. The summed E-state index contributed by atoms with van der Waals surface area (Å²) in [6, 6.07) is 1.79. The van der Waals surface area contributed by atoms with Crippen LogP contribution in [0.4, 0.5) is 10.1 Å². The van der Waals surface area contributed by atoms with Crippen LogP contribution in [0, 0.1) is 15.9 Å². The number of hydrogen-bond donors (Lipinski definition) is 0. The highest BCUT2D eigenvalue weighted by atomic mass is 35.5. The number of nitro groups is 1. The van der Waals surface area contributed by atoms with Crippen molar-refractivity contribution >= 4 is 43.1 Å². The molecule has 0 radical (unpaired) electrons. The van der Waals surface area contributed by atoms with Crippen LogP contribution < -0.4 is 0 Å². The van der Waals surface area contributed by atoms with E-state index in [-0.39, 0.29) is 10.6 Å². The lowest BCUT2D eigenvalue weighted by Crippen LogP contribution is -2.19. The van der Waals surface area contributed by atoms with E-state index in [9.17, 15) is 19.3 Å². The Hall–Kier alpha value is -1.12. The molecule has 1 aromatic carbocycles. The van der Waals surface area contributed by atoms with Gasteiger partial charge in [-0.15, -0.1) is 11.8 Å². The minimum atomic E-state index is -1.32. The molecule has 0 spiro atoms. The second-order valence-corrected chi connectivity index (χ2v) is 12.9. The number of methoxy groups -OCH3 is 1. The second-order valence-electron chi connectivity index (χ2n) is 5.81. The monoisotopic (exact) mass is 365 g/mol. The average Bonchev–Trinajstić information content (AvgIpc) is 2.41. The van der Waals surface area contributed by atoms with E-state index in [1.54, 1.807) is 0 Å². The van der Waals surface area contributed by atoms with Crippen LogP contribution in [0.5, 0.6) is 0 Å². The molecule has 22 heavy (non-hydrogen) atoms. The van der Waals surface area contributed by atoms with Crippen LogP contribution in [0.2, 0.25) is 30.7 Å². The lowest BCUT2D eigenvalue weighted by Gasteiger charge is -2.15. The molecule has 0 bridgehead atoms. The van der Waals surface area contributed by atoms with Crippen molar-refractivity contribution in [2.45, 2.75) is 30.6 Å². The number of nitro benzene ring substituents is 1. The number of carbonyl (C=O) groups is 1. The minimum Gasteiger partial charge on any atom is -0.465 e. The number of halogens is 2. The van der Waals surface area contributed by atoms with Crippen LogP contribution in [0.3, 0.4) is 0 Å². The Bertz CT molecular complexity index is 607.